The summed E-state index contributed by atoms with van der Waals surface area (Å²) in [5, 5.41) is 7.04. The molecule has 0 unspecified atom stereocenters. The molecule has 1 N–H and O–H groups in total. The van der Waals surface area contributed by atoms with E-state index in [9.17, 15) is 9.59 Å². The highest BCUT2D eigenvalue weighted by atomic mass is 16.2. The third-order valence-corrected chi connectivity index (χ3v) is 4.59. The molecule has 5 heteroatoms. The number of benzene rings is 2. The van der Waals surface area contributed by atoms with E-state index in [1.54, 1.807) is 0 Å². The number of anilines is 1. The SMILES string of the molecule is CCCn1nc(C(=O)Nc2ccc3c(c2)Cc2ccccc2-3)ccc1=O. The first-order chi connectivity index (χ1) is 12.7. The fourth-order valence-electron chi connectivity index (χ4n) is 3.36. The van der Waals surface area contributed by atoms with Crippen molar-refractivity contribution in [2.75, 3.05) is 5.32 Å². The van der Waals surface area contributed by atoms with Gasteiger partial charge in [-0.3, -0.25) is 9.59 Å². The number of hydrogen-bond donors (Lipinski definition) is 1. The Balaban J connectivity index is 1.57. The second-order valence-electron chi connectivity index (χ2n) is 6.44. The number of hydrogen-bond acceptors (Lipinski definition) is 3. The number of amides is 1. The Hall–Kier alpha value is -3.21. The largest absolute Gasteiger partial charge is 0.321 e. The highest BCUT2D eigenvalue weighted by Gasteiger charge is 2.18. The van der Waals surface area contributed by atoms with Crippen LogP contribution in [0.5, 0.6) is 0 Å². The van der Waals surface area contributed by atoms with Crippen LogP contribution in [0.2, 0.25) is 0 Å². The van der Waals surface area contributed by atoms with E-state index in [0.29, 0.717) is 6.54 Å². The molecule has 1 aliphatic carbocycles. The molecule has 0 spiro atoms. The number of carbonyl (C=O) groups excluding carboxylic acids is 1. The lowest BCUT2D eigenvalue weighted by molar-refractivity contribution is 0.102. The van der Waals surface area contributed by atoms with Crippen molar-refractivity contribution >= 4 is 11.6 Å². The molecule has 1 aromatic heterocycles. The predicted octanol–water partition coefficient (Wildman–Crippen LogP) is 3.48. The lowest BCUT2D eigenvalue weighted by Crippen LogP contribution is -2.26. The fraction of sp³-hybridized carbons (Fsp3) is 0.190. The first-order valence-electron chi connectivity index (χ1n) is 8.76. The smallest absolute Gasteiger partial charge is 0.276 e. The molecular weight excluding hydrogens is 326 g/mol. The van der Waals surface area contributed by atoms with Crippen molar-refractivity contribution in [3.05, 3.63) is 81.8 Å². The first-order valence-corrected chi connectivity index (χ1v) is 8.76. The summed E-state index contributed by atoms with van der Waals surface area (Å²) in [5.41, 5.74) is 5.76. The van der Waals surface area contributed by atoms with E-state index < -0.39 is 0 Å². The molecule has 130 valence electrons. The van der Waals surface area contributed by atoms with E-state index in [1.807, 2.05) is 37.3 Å². The number of aromatic nitrogens is 2. The molecule has 0 saturated heterocycles. The van der Waals surface area contributed by atoms with Crippen LogP contribution in [-0.2, 0) is 13.0 Å². The molecule has 1 amide bonds. The van der Waals surface area contributed by atoms with Gasteiger partial charge in [0.05, 0.1) is 0 Å². The van der Waals surface area contributed by atoms with Gasteiger partial charge in [0.1, 0.15) is 5.69 Å². The molecule has 2 aromatic carbocycles. The van der Waals surface area contributed by atoms with Crippen LogP contribution < -0.4 is 10.9 Å². The molecule has 1 aliphatic rings. The highest BCUT2D eigenvalue weighted by Crippen LogP contribution is 2.37. The average molecular weight is 345 g/mol. The maximum atomic E-state index is 12.5. The fourth-order valence-corrected chi connectivity index (χ4v) is 3.36. The minimum absolute atomic E-state index is 0.196. The molecule has 1 heterocycles. The van der Waals surface area contributed by atoms with Crippen LogP contribution >= 0.6 is 0 Å². The van der Waals surface area contributed by atoms with Gasteiger partial charge < -0.3 is 5.32 Å². The first kappa shape index (κ1) is 16.3. The maximum absolute atomic E-state index is 12.5. The van der Waals surface area contributed by atoms with E-state index in [-0.39, 0.29) is 17.2 Å². The molecule has 0 bridgehead atoms. The van der Waals surface area contributed by atoms with E-state index >= 15 is 0 Å². The molecule has 5 nitrogen and oxygen atoms in total. The van der Waals surface area contributed by atoms with E-state index in [2.05, 4.69) is 22.5 Å². The molecule has 4 rings (SSSR count). The van der Waals surface area contributed by atoms with E-state index in [0.717, 1.165) is 18.5 Å². The number of rotatable bonds is 4. The summed E-state index contributed by atoms with van der Waals surface area (Å²) in [7, 11) is 0. The zero-order valence-corrected chi connectivity index (χ0v) is 14.5. The third kappa shape index (κ3) is 2.92. The van der Waals surface area contributed by atoms with E-state index in [1.165, 1.54) is 39.1 Å². The Morgan fingerprint density at radius 1 is 1.08 bits per heavy atom. The van der Waals surface area contributed by atoms with Crippen molar-refractivity contribution in [3.63, 3.8) is 0 Å². The zero-order chi connectivity index (χ0) is 18.1. The second kappa shape index (κ2) is 6.59. The van der Waals surface area contributed by atoms with Crippen molar-refractivity contribution in [3.8, 4) is 11.1 Å². The maximum Gasteiger partial charge on any atom is 0.276 e. The van der Waals surface area contributed by atoms with Gasteiger partial charge in [-0.2, -0.15) is 5.10 Å². The molecule has 0 atom stereocenters. The Bertz CT molecular complexity index is 1050. The average Bonchev–Trinajstić information content (AvgIpc) is 3.01. The van der Waals surface area contributed by atoms with Crippen LogP contribution in [0, 0.1) is 0 Å². The van der Waals surface area contributed by atoms with Crippen molar-refractivity contribution in [2.24, 2.45) is 0 Å². The summed E-state index contributed by atoms with van der Waals surface area (Å²) < 4.78 is 1.33. The normalized spacial score (nSPS) is 11.7. The third-order valence-electron chi connectivity index (χ3n) is 4.59. The molecule has 0 saturated carbocycles. The van der Waals surface area contributed by atoms with Gasteiger partial charge in [0.25, 0.3) is 11.5 Å². The Morgan fingerprint density at radius 3 is 2.73 bits per heavy atom. The summed E-state index contributed by atoms with van der Waals surface area (Å²) in [5.74, 6) is -0.315. The monoisotopic (exact) mass is 345 g/mol. The van der Waals surface area contributed by atoms with Crippen molar-refractivity contribution in [2.45, 2.75) is 26.3 Å². The number of fused-ring (bicyclic) bond motifs is 3. The molecule has 0 aliphatic heterocycles. The van der Waals surface area contributed by atoms with Crippen LogP contribution in [0.15, 0.2) is 59.4 Å². The standard InChI is InChI=1S/C21H19N3O2/c1-2-11-24-20(25)10-9-19(23-24)21(26)22-16-7-8-18-15(13-16)12-14-5-3-4-6-17(14)18/h3-10,13H,2,11-12H2,1H3,(H,22,26). The number of carbonyl (C=O) groups is 1. The number of nitrogens with zero attached hydrogens (tertiary/aromatic N) is 2. The van der Waals surface area contributed by atoms with Gasteiger partial charge in [-0.05, 0) is 53.3 Å². The minimum Gasteiger partial charge on any atom is -0.321 e. The van der Waals surface area contributed by atoms with Gasteiger partial charge in [0, 0.05) is 18.3 Å². The predicted molar refractivity (Wildman–Crippen MR) is 101 cm³/mol. The van der Waals surface area contributed by atoms with Gasteiger partial charge in [0.2, 0.25) is 0 Å². The molecule has 3 aromatic rings. The molecule has 26 heavy (non-hydrogen) atoms. The van der Waals surface area contributed by atoms with Crippen LogP contribution in [0.3, 0.4) is 0 Å². The highest BCUT2D eigenvalue weighted by molar-refractivity contribution is 6.03. The Kier molecular flexibility index (Phi) is 4.13. The van der Waals surface area contributed by atoms with Gasteiger partial charge in [-0.1, -0.05) is 37.3 Å². The van der Waals surface area contributed by atoms with Crippen molar-refractivity contribution in [1.82, 2.24) is 9.78 Å². The number of aryl methyl sites for hydroxylation is 1. The number of nitrogens with one attached hydrogen (secondary N) is 1. The summed E-state index contributed by atoms with van der Waals surface area (Å²) in [6, 6.07) is 17.2. The van der Waals surface area contributed by atoms with Gasteiger partial charge in [-0.15, -0.1) is 0 Å². The van der Waals surface area contributed by atoms with Gasteiger partial charge >= 0.3 is 0 Å². The lowest BCUT2D eigenvalue weighted by Gasteiger charge is -2.09. The van der Waals surface area contributed by atoms with Crippen molar-refractivity contribution < 1.29 is 4.79 Å². The van der Waals surface area contributed by atoms with Gasteiger partial charge in [0.15, 0.2) is 0 Å². The van der Waals surface area contributed by atoms with Crippen LogP contribution in [0.25, 0.3) is 11.1 Å². The topological polar surface area (TPSA) is 64.0 Å². The molecule has 0 fully saturated rings. The van der Waals surface area contributed by atoms with Crippen molar-refractivity contribution in [1.29, 1.82) is 0 Å². The molecule has 0 radical (unpaired) electrons. The lowest BCUT2D eigenvalue weighted by atomic mass is 10.1. The summed E-state index contributed by atoms with van der Waals surface area (Å²) in [6.07, 6.45) is 1.65. The van der Waals surface area contributed by atoms with Crippen LogP contribution in [0.1, 0.15) is 35.0 Å². The summed E-state index contributed by atoms with van der Waals surface area (Å²) >= 11 is 0. The van der Waals surface area contributed by atoms with E-state index in [4.69, 9.17) is 0 Å². The quantitative estimate of drug-likeness (QED) is 0.616. The van der Waals surface area contributed by atoms with Gasteiger partial charge in [-0.25, -0.2) is 4.68 Å². The molecular formula is C21H19N3O2. The Morgan fingerprint density at radius 2 is 1.88 bits per heavy atom. The van der Waals surface area contributed by atoms with Crippen LogP contribution in [0.4, 0.5) is 5.69 Å². The van der Waals surface area contributed by atoms with Crippen LogP contribution in [-0.4, -0.2) is 15.7 Å². The minimum atomic E-state index is -0.315. The summed E-state index contributed by atoms with van der Waals surface area (Å²) in [4.78, 5) is 24.3. The summed E-state index contributed by atoms with van der Waals surface area (Å²) in [6.45, 7) is 2.46. The zero-order valence-electron chi connectivity index (χ0n) is 14.5. The Labute approximate surface area is 151 Å². The second-order valence-corrected chi connectivity index (χ2v) is 6.44.